The van der Waals surface area contributed by atoms with Gasteiger partial charge in [-0.15, -0.1) is 0 Å². The molecule has 13 heteroatoms. The van der Waals surface area contributed by atoms with Crippen molar-refractivity contribution < 1.29 is 41.7 Å². The normalized spacial score (nSPS) is 11.5. The summed E-state index contributed by atoms with van der Waals surface area (Å²) in [4.78, 5) is 27.3. The summed E-state index contributed by atoms with van der Waals surface area (Å²) in [6.45, 7) is 0.297. The van der Waals surface area contributed by atoms with E-state index in [0.717, 1.165) is 27.6 Å². The van der Waals surface area contributed by atoms with Crippen LogP contribution in [0.2, 0.25) is 0 Å². The van der Waals surface area contributed by atoms with E-state index in [1.165, 1.54) is 42.5 Å². The van der Waals surface area contributed by atoms with E-state index in [2.05, 4.69) is 15.4 Å². The number of aromatic nitrogens is 3. The first-order valence-corrected chi connectivity index (χ1v) is 16.1. The Hall–Kier alpha value is -6.63. The average molecular weight is 709 g/mol. The summed E-state index contributed by atoms with van der Waals surface area (Å²) in [6, 6.07) is 30.7. The lowest BCUT2D eigenvalue weighted by Gasteiger charge is -2.11. The maximum Gasteiger partial charge on any atom is 0.512 e. The number of nitrogens with one attached hydrogen (secondary N) is 2. The molecule has 5 aromatic carbocycles. The molecule has 0 bridgehead atoms. The largest absolute Gasteiger partial charge is 0.512 e. The molecule has 0 saturated heterocycles. The summed E-state index contributed by atoms with van der Waals surface area (Å²) in [6.07, 6.45) is -5.56. The number of aromatic amines is 1. The van der Waals surface area contributed by atoms with Gasteiger partial charge in [0, 0.05) is 27.6 Å². The molecule has 0 fully saturated rings. The van der Waals surface area contributed by atoms with Gasteiger partial charge in [0.25, 0.3) is 5.91 Å². The molecule has 0 spiro atoms. The first-order chi connectivity index (χ1) is 25.1. The van der Waals surface area contributed by atoms with Crippen LogP contribution in [-0.4, -0.2) is 38.5 Å². The molecule has 1 amide bonds. The first kappa shape index (κ1) is 33.8. The zero-order valence-electron chi connectivity index (χ0n) is 27.1. The van der Waals surface area contributed by atoms with Gasteiger partial charge in [0.2, 0.25) is 5.88 Å². The van der Waals surface area contributed by atoms with Crippen LogP contribution in [0.15, 0.2) is 115 Å². The number of aryl methyl sites for hydroxylation is 1. The Bertz CT molecular complexity index is 2430. The van der Waals surface area contributed by atoms with Crippen molar-refractivity contribution in [2.45, 2.75) is 19.0 Å². The molecular formula is C39H28F4N4O5. The lowest BCUT2D eigenvalue weighted by molar-refractivity contribution is -0.141. The lowest BCUT2D eigenvalue weighted by atomic mass is 10.0. The fraction of sp³-hybridized carbons (Fsp3) is 0.103. The average Bonchev–Trinajstić information content (AvgIpc) is 3.73. The number of carbonyl (C=O) groups excluding carboxylic acids is 1. The Balaban J connectivity index is 1.20. The number of fused-ring (bicyclic) bond motifs is 2. The number of carboxylic acid groups (broad SMARTS) is 1. The third kappa shape index (κ3) is 6.88. The van der Waals surface area contributed by atoms with Crippen molar-refractivity contribution in [3.8, 4) is 28.6 Å². The second-order valence-electron chi connectivity index (χ2n) is 11.8. The van der Waals surface area contributed by atoms with E-state index in [-0.39, 0.29) is 28.5 Å². The van der Waals surface area contributed by atoms with Crippen LogP contribution in [0.3, 0.4) is 0 Å². The highest BCUT2D eigenvalue weighted by Crippen LogP contribution is 2.39. The Morgan fingerprint density at radius 2 is 1.58 bits per heavy atom. The molecule has 0 radical (unpaired) electrons. The van der Waals surface area contributed by atoms with Gasteiger partial charge in [-0.3, -0.25) is 4.79 Å². The summed E-state index contributed by atoms with van der Waals surface area (Å²) in [5.74, 6) is -0.753. The van der Waals surface area contributed by atoms with Crippen molar-refractivity contribution in [1.82, 2.24) is 14.8 Å². The van der Waals surface area contributed by atoms with Gasteiger partial charge in [-0.1, -0.05) is 66.7 Å². The predicted molar refractivity (Wildman–Crippen MR) is 187 cm³/mol. The number of para-hydroxylation sites is 1. The number of halogens is 4. The quantitative estimate of drug-likeness (QED) is 0.0740. The molecule has 0 aliphatic heterocycles. The minimum absolute atomic E-state index is 0.0510. The molecule has 52 heavy (non-hydrogen) atoms. The van der Waals surface area contributed by atoms with Gasteiger partial charge in [0.15, 0.2) is 5.69 Å². The van der Waals surface area contributed by atoms with Gasteiger partial charge in [0.05, 0.1) is 29.1 Å². The van der Waals surface area contributed by atoms with E-state index in [4.69, 9.17) is 9.47 Å². The highest BCUT2D eigenvalue weighted by Gasteiger charge is 2.36. The standard InChI is InChI=1S/C39H28F4N4O5/c40-31-15-4-3-11-29(31)36(48)44-24-17-19-25(20-18-24)47-32(22-34(46-47)39(41,42)43)30-13-6-12-27-28(37(45-35(27)30)52-38(49)50)14-7-21-51-33-16-5-9-23-8-1-2-10-26(23)33/h1-6,8-13,15-20,22,45H,7,14,21H2,(H,44,48)(H,49,50). The molecule has 7 rings (SSSR count). The number of hydrogen-bond acceptors (Lipinski definition) is 5. The smallest absolute Gasteiger partial charge is 0.493 e. The third-order valence-corrected chi connectivity index (χ3v) is 8.43. The van der Waals surface area contributed by atoms with Crippen molar-refractivity contribution >= 4 is 39.4 Å². The monoisotopic (exact) mass is 708 g/mol. The summed E-state index contributed by atoms with van der Waals surface area (Å²) in [7, 11) is 0. The van der Waals surface area contributed by atoms with Gasteiger partial charge >= 0.3 is 12.3 Å². The summed E-state index contributed by atoms with van der Waals surface area (Å²) < 4.78 is 68.6. The molecule has 2 aromatic heterocycles. The number of hydrogen-bond donors (Lipinski definition) is 3. The van der Waals surface area contributed by atoms with Crippen molar-refractivity contribution in [2.75, 3.05) is 11.9 Å². The lowest BCUT2D eigenvalue weighted by Crippen LogP contribution is -2.13. The second-order valence-corrected chi connectivity index (χ2v) is 11.8. The fourth-order valence-corrected chi connectivity index (χ4v) is 6.08. The van der Waals surface area contributed by atoms with Crippen LogP contribution < -0.4 is 14.8 Å². The Labute approximate surface area is 293 Å². The molecule has 2 heterocycles. The van der Waals surface area contributed by atoms with Crippen molar-refractivity contribution in [3.05, 3.63) is 138 Å². The molecule has 262 valence electrons. The van der Waals surface area contributed by atoms with Crippen molar-refractivity contribution in [1.29, 1.82) is 0 Å². The number of ether oxygens (including phenoxy) is 2. The summed E-state index contributed by atoms with van der Waals surface area (Å²) in [5, 5.41) is 18.5. The van der Waals surface area contributed by atoms with Crippen LogP contribution in [0.25, 0.3) is 38.6 Å². The maximum atomic E-state index is 14.1. The molecule has 9 nitrogen and oxygen atoms in total. The molecule has 0 aliphatic rings. The molecule has 7 aromatic rings. The number of alkyl halides is 3. The second kappa shape index (κ2) is 13.9. The Kier molecular flexibility index (Phi) is 9.08. The van der Waals surface area contributed by atoms with Gasteiger partial charge < -0.3 is 24.9 Å². The number of nitrogens with zero attached hydrogens (tertiary/aromatic N) is 2. The van der Waals surface area contributed by atoms with E-state index in [0.29, 0.717) is 47.2 Å². The van der Waals surface area contributed by atoms with Crippen LogP contribution in [0.5, 0.6) is 11.6 Å². The van der Waals surface area contributed by atoms with Crippen LogP contribution in [0, 0.1) is 5.82 Å². The Morgan fingerprint density at radius 3 is 2.35 bits per heavy atom. The molecular weight excluding hydrogens is 680 g/mol. The zero-order valence-corrected chi connectivity index (χ0v) is 27.1. The molecule has 0 aliphatic carbocycles. The van der Waals surface area contributed by atoms with E-state index < -0.39 is 29.7 Å². The number of amides is 1. The van der Waals surface area contributed by atoms with Crippen LogP contribution >= 0.6 is 0 Å². The molecule has 0 saturated carbocycles. The predicted octanol–water partition coefficient (Wildman–Crippen LogP) is 9.65. The van der Waals surface area contributed by atoms with E-state index >= 15 is 0 Å². The van der Waals surface area contributed by atoms with Gasteiger partial charge in [-0.2, -0.15) is 18.3 Å². The minimum atomic E-state index is -4.79. The SMILES string of the molecule is O=C(O)Oc1[nH]c2c(-c3cc(C(F)(F)F)nn3-c3ccc(NC(=O)c4ccccc4F)cc3)cccc2c1CCCOc1cccc2ccccc12. The highest BCUT2D eigenvalue weighted by molar-refractivity contribution is 6.04. The molecule has 0 atom stereocenters. The first-order valence-electron chi connectivity index (χ1n) is 16.1. The van der Waals surface area contributed by atoms with Crippen LogP contribution in [0.4, 0.5) is 28.0 Å². The van der Waals surface area contributed by atoms with Crippen LogP contribution in [-0.2, 0) is 12.6 Å². The zero-order chi connectivity index (χ0) is 36.4. The number of carbonyl (C=O) groups is 2. The molecule has 0 unspecified atom stereocenters. The number of benzene rings is 5. The van der Waals surface area contributed by atoms with Gasteiger partial charge in [-0.25, -0.2) is 13.9 Å². The van der Waals surface area contributed by atoms with Crippen molar-refractivity contribution in [3.63, 3.8) is 0 Å². The fourth-order valence-electron chi connectivity index (χ4n) is 6.08. The number of H-pyrrole nitrogens is 1. The third-order valence-electron chi connectivity index (χ3n) is 8.43. The Morgan fingerprint density at radius 1 is 0.865 bits per heavy atom. The van der Waals surface area contributed by atoms with Crippen LogP contribution in [0.1, 0.15) is 28.0 Å². The van der Waals surface area contributed by atoms with E-state index in [1.54, 1.807) is 18.2 Å². The van der Waals surface area contributed by atoms with Crippen molar-refractivity contribution in [2.24, 2.45) is 0 Å². The summed E-state index contributed by atoms with van der Waals surface area (Å²) >= 11 is 0. The maximum absolute atomic E-state index is 14.1. The number of rotatable bonds is 10. The summed E-state index contributed by atoms with van der Waals surface area (Å²) in [5.41, 5.74) is 0.378. The van der Waals surface area contributed by atoms with Gasteiger partial charge in [-0.05, 0) is 66.8 Å². The highest BCUT2D eigenvalue weighted by atomic mass is 19.4. The van der Waals surface area contributed by atoms with E-state index in [1.807, 2.05) is 42.5 Å². The molecule has 3 N–H and O–H groups in total. The number of anilines is 1. The van der Waals surface area contributed by atoms with E-state index in [9.17, 15) is 32.3 Å². The minimum Gasteiger partial charge on any atom is -0.493 e. The topological polar surface area (TPSA) is 118 Å². The van der Waals surface area contributed by atoms with Gasteiger partial charge in [0.1, 0.15) is 11.6 Å².